The van der Waals surface area contributed by atoms with Crippen LogP contribution < -0.4 is 5.32 Å². The molecule has 1 atom stereocenters. The monoisotopic (exact) mass is 400 g/mol. The molecule has 0 unspecified atom stereocenters. The summed E-state index contributed by atoms with van der Waals surface area (Å²) in [5.74, 6) is -0.200. The van der Waals surface area contributed by atoms with Gasteiger partial charge in [-0.1, -0.05) is 80.4 Å². The fourth-order valence-electron chi connectivity index (χ4n) is 3.11. The van der Waals surface area contributed by atoms with Gasteiger partial charge in [-0.05, 0) is 30.0 Å². The zero-order valence-corrected chi connectivity index (χ0v) is 17.4. The Morgan fingerprint density at radius 3 is 2.36 bits per heavy atom. The molecule has 2 rings (SSSR count). The number of nitrogens with one attached hydrogen (secondary N) is 1. The number of carbonyl (C=O) groups excluding carboxylic acids is 2. The second kappa shape index (κ2) is 11.5. The van der Waals surface area contributed by atoms with Crippen LogP contribution >= 0.6 is 11.6 Å². The van der Waals surface area contributed by atoms with Crippen LogP contribution in [0.4, 0.5) is 0 Å². The number of amides is 2. The lowest BCUT2D eigenvalue weighted by Crippen LogP contribution is -2.49. The van der Waals surface area contributed by atoms with Gasteiger partial charge in [0.1, 0.15) is 6.04 Å². The Morgan fingerprint density at radius 1 is 1.04 bits per heavy atom. The summed E-state index contributed by atoms with van der Waals surface area (Å²) in [5.41, 5.74) is 1.77. The van der Waals surface area contributed by atoms with E-state index in [1.54, 1.807) is 11.0 Å². The normalized spacial score (nSPS) is 11.7. The number of hydrogen-bond donors (Lipinski definition) is 1. The van der Waals surface area contributed by atoms with Crippen LogP contribution in [-0.2, 0) is 22.6 Å². The van der Waals surface area contributed by atoms with Crippen molar-refractivity contribution in [1.29, 1.82) is 0 Å². The van der Waals surface area contributed by atoms with E-state index in [4.69, 9.17) is 11.6 Å². The summed E-state index contributed by atoms with van der Waals surface area (Å²) >= 11 is 6.24. The molecular weight excluding hydrogens is 372 g/mol. The number of unbranched alkanes of at least 4 members (excludes halogenated alkanes) is 1. The third kappa shape index (κ3) is 6.38. The minimum atomic E-state index is -0.507. The van der Waals surface area contributed by atoms with E-state index in [1.807, 2.05) is 55.5 Å². The molecule has 0 aliphatic carbocycles. The summed E-state index contributed by atoms with van der Waals surface area (Å²) in [5, 5.41) is 3.54. The average Bonchev–Trinajstić information content (AvgIpc) is 2.70. The molecule has 0 saturated heterocycles. The largest absolute Gasteiger partial charge is 0.354 e. The van der Waals surface area contributed by atoms with Crippen molar-refractivity contribution in [2.75, 3.05) is 6.54 Å². The van der Waals surface area contributed by atoms with E-state index < -0.39 is 6.04 Å². The lowest BCUT2D eigenvalue weighted by Gasteiger charge is -2.31. The third-order valence-electron chi connectivity index (χ3n) is 4.71. The molecule has 0 fully saturated rings. The van der Waals surface area contributed by atoms with Gasteiger partial charge in [0.15, 0.2) is 0 Å². The molecule has 0 spiro atoms. The number of nitrogens with zero attached hydrogens (tertiary/aromatic N) is 1. The Morgan fingerprint density at radius 2 is 1.71 bits per heavy atom. The van der Waals surface area contributed by atoms with E-state index in [-0.39, 0.29) is 18.2 Å². The number of benzene rings is 2. The smallest absolute Gasteiger partial charge is 0.242 e. The van der Waals surface area contributed by atoms with Gasteiger partial charge in [0, 0.05) is 18.1 Å². The van der Waals surface area contributed by atoms with E-state index in [0.29, 0.717) is 24.5 Å². The highest BCUT2D eigenvalue weighted by atomic mass is 35.5. The molecule has 150 valence electrons. The van der Waals surface area contributed by atoms with Crippen molar-refractivity contribution in [2.24, 2.45) is 0 Å². The molecule has 0 saturated carbocycles. The molecule has 0 aliphatic heterocycles. The van der Waals surface area contributed by atoms with Gasteiger partial charge in [-0.25, -0.2) is 0 Å². The predicted molar refractivity (Wildman–Crippen MR) is 114 cm³/mol. The molecular formula is C23H29ClN2O2. The molecule has 28 heavy (non-hydrogen) atoms. The van der Waals surface area contributed by atoms with Gasteiger partial charge in [0.25, 0.3) is 0 Å². The van der Waals surface area contributed by atoms with Crippen LogP contribution in [0.15, 0.2) is 54.6 Å². The molecule has 5 heteroatoms. The van der Waals surface area contributed by atoms with E-state index in [2.05, 4.69) is 12.2 Å². The van der Waals surface area contributed by atoms with E-state index in [9.17, 15) is 9.59 Å². The Hall–Kier alpha value is -2.33. The maximum atomic E-state index is 13.2. The predicted octanol–water partition coefficient (Wildman–Crippen LogP) is 4.61. The summed E-state index contributed by atoms with van der Waals surface area (Å²) in [6.07, 6.45) is 2.66. The molecule has 0 aliphatic rings. The van der Waals surface area contributed by atoms with Gasteiger partial charge in [-0.3, -0.25) is 9.59 Å². The topological polar surface area (TPSA) is 49.4 Å². The highest BCUT2D eigenvalue weighted by Gasteiger charge is 2.28. The highest BCUT2D eigenvalue weighted by Crippen LogP contribution is 2.19. The van der Waals surface area contributed by atoms with Gasteiger partial charge in [-0.15, -0.1) is 0 Å². The van der Waals surface area contributed by atoms with Crippen molar-refractivity contribution in [3.63, 3.8) is 0 Å². The first kappa shape index (κ1) is 22.0. The summed E-state index contributed by atoms with van der Waals surface area (Å²) in [4.78, 5) is 27.6. The van der Waals surface area contributed by atoms with Crippen LogP contribution in [0.2, 0.25) is 5.02 Å². The molecule has 0 bridgehead atoms. The number of carbonyl (C=O) groups is 2. The van der Waals surface area contributed by atoms with Gasteiger partial charge in [-0.2, -0.15) is 0 Å². The number of hydrogen-bond acceptors (Lipinski definition) is 2. The molecule has 2 aromatic rings. The van der Waals surface area contributed by atoms with Gasteiger partial charge >= 0.3 is 0 Å². The summed E-state index contributed by atoms with van der Waals surface area (Å²) in [6.45, 7) is 5.04. The first-order valence-corrected chi connectivity index (χ1v) is 10.3. The van der Waals surface area contributed by atoms with Crippen molar-refractivity contribution in [3.8, 4) is 0 Å². The summed E-state index contributed by atoms with van der Waals surface area (Å²) in [6, 6.07) is 16.6. The minimum absolute atomic E-state index is 0.0978. The van der Waals surface area contributed by atoms with Crippen LogP contribution in [-0.4, -0.2) is 29.3 Å². The van der Waals surface area contributed by atoms with E-state index in [1.165, 1.54) is 0 Å². The summed E-state index contributed by atoms with van der Waals surface area (Å²) in [7, 11) is 0. The molecule has 0 radical (unpaired) electrons. The lowest BCUT2D eigenvalue weighted by molar-refractivity contribution is -0.140. The van der Waals surface area contributed by atoms with Crippen LogP contribution in [0.5, 0.6) is 0 Å². The van der Waals surface area contributed by atoms with E-state index >= 15 is 0 Å². The molecule has 1 N–H and O–H groups in total. The van der Waals surface area contributed by atoms with Gasteiger partial charge in [0.2, 0.25) is 11.8 Å². The Bertz CT molecular complexity index is 764. The second-order valence-electron chi connectivity index (χ2n) is 6.84. The number of halogens is 1. The zero-order valence-electron chi connectivity index (χ0n) is 16.7. The number of rotatable bonds is 10. The minimum Gasteiger partial charge on any atom is -0.354 e. The van der Waals surface area contributed by atoms with Crippen molar-refractivity contribution < 1.29 is 9.59 Å². The van der Waals surface area contributed by atoms with Crippen molar-refractivity contribution in [2.45, 2.75) is 52.1 Å². The molecule has 2 aromatic carbocycles. The molecule has 0 aromatic heterocycles. The highest BCUT2D eigenvalue weighted by molar-refractivity contribution is 6.31. The van der Waals surface area contributed by atoms with Crippen LogP contribution in [0.25, 0.3) is 0 Å². The van der Waals surface area contributed by atoms with Crippen LogP contribution in [0.1, 0.15) is 44.2 Å². The second-order valence-corrected chi connectivity index (χ2v) is 7.25. The van der Waals surface area contributed by atoms with Crippen molar-refractivity contribution in [3.05, 3.63) is 70.7 Å². The fourth-order valence-corrected chi connectivity index (χ4v) is 3.31. The van der Waals surface area contributed by atoms with E-state index in [0.717, 1.165) is 24.0 Å². The van der Waals surface area contributed by atoms with Crippen molar-refractivity contribution >= 4 is 23.4 Å². The fraction of sp³-hybridized carbons (Fsp3) is 0.391. The zero-order chi connectivity index (χ0) is 20.4. The van der Waals surface area contributed by atoms with Crippen molar-refractivity contribution in [1.82, 2.24) is 10.2 Å². The standard InChI is InChI=1S/C23H29ClN2O2/c1-3-5-15-25-23(28)21(4-2)26(17-18-11-7-6-8-12-18)22(27)16-19-13-9-10-14-20(19)24/h6-14,21H,3-5,15-17H2,1-2H3,(H,25,28)/t21-/m1/s1. The van der Waals surface area contributed by atoms with Crippen LogP contribution in [0.3, 0.4) is 0 Å². The molecule has 4 nitrogen and oxygen atoms in total. The van der Waals surface area contributed by atoms with Gasteiger partial charge < -0.3 is 10.2 Å². The Labute approximate surface area is 172 Å². The Kier molecular flexibility index (Phi) is 9.02. The van der Waals surface area contributed by atoms with Gasteiger partial charge in [0.05, 0.1) is 6.42 Å². The SMILES string of the molecule is CCCCNC(=O)[C@@H](CC)N(Cc1ccccc1)C(=O)Cc1ccccc1Cl. The van der Waals surface area contributed by atoms with Crippen LogP contribution in [0, 0.1) is 0 Å². The maximum absolute atomic E-state index is 13.2. The lowest BCUT2D eigenvalue weighted by atomic mass is 10.1. The first-order valence-electron chi connectivity index (χ1n) is 9.91. The molecule has 0 heterocycles. The third-order valence-corrected chi connectivity index (χ3v) is 5.08. The average molecular weight is 401 g/mol. The quantitative estimate of drug-likeness (QED) is 0.592. The summed E-state index contributed by atoms with van der Waals surface area (Å²) < 4.78 is 0. The molecule has 2 amide bonds. The Balaban J connectivity index is 2.22. The maximum Gasteiger partial charge on any atom is 0.242 e. The first-order chi connectivity index (χ1) is 13.6.